The SMILES string of the molecule is COc1cc(Cl)c(NCc2ccc(C)s2)cc1OC. The van der Waals surface area contributed by atoms with Gasteiger partial charge in [0.05, 0.1) is 24.9 Å². The third-order valence-corrected chi connectivity index (χ3v) is 4.04. The van der Waals surface area contributed by atoms with E-state index in [1.165, 1.54) is 9.75 Å². The molecule has 19 heavy (non-hydrogen) atoms. The van der Waals surface area contributed by atoms with Gasteiger partial charge in [-0.1, -0.05) is 11.6 Å². The van der Waals surface area contributed by atoms with E-state index in [4.69, 9.17) is 21.1 Å². The van der Waals surface area contributed by atoms with Crippen molar-refractivity contribution < 1.29 is 9.47 Å². The minimum atomic E-state index is 0.617. The maximum Gasteiger partial charge on any atom is 0.162 e. The van der Waals surface area contributed by atoms with Gasteiger partial charge in [0.2, 0.25) is 0 Å². The Bertz CT molecular complexity index is 569. The lowest BCUT2D eigenvalue weighted by molar-refractivity contribution is 0.355. The minimum Gasteiger partial charge on any atom is -0.493 e. The summed E-state index contributed by atoms with van der Waals surface area (Å²) in [4.78, 5) is 2.57. The van der Waals surface area contributed by atoms with E-state index in [1.54, 1.807) is 31.6 Å². The van der Waals surface area contributed by atoms with Crippen molar-refractivity contribution in [3.63, 3.8) is 0 Å². The first-order valence-corrected chi connectivity index (χ1v) is 7.04. The summed E-state index contributed by atoms with van der Waals surface area (Å²) in [6, 6.07) is 7.82. The zero-order valence-corrected chi connectivity index (χ0v) is 12.7. The Hall–Kier alpha value is -1.39. The van der Waals surface area contributed by atoms with E-state index in [9.17, 15) is 0 Å². The quantitative estimate of drug-likeness (QED) is 0.890. The van der Waals surface area contributed by atoms with Crippen LogP contribution in [0.2, 0.25) is 5.02 Å². The molecule has 0 aliphatic heterocycles. The zero-order chi connectivity index (χ0) is 13.8. The molecule has 1 heterocycles. The van der Waals surface area contributed by atoms with Gasteiger partial charge in [0, 0.05) is 28.4 Å². The highest BCUT2D eigenvalue weighted by Crippen LogP contribution is 2.36. The third-order valence-electron chi connectivity index (χ3n) is 2.72. The first kappa shape index (κ1) is 14.0. The molecular formula is C14H16ClNO2S. The van der Waals surface area contributed by atoms with Crippen molar-refractivity contribution in [3.05, 3.63) is 39.0 Å². The Morgan fingerprint density at radius 2 is 1.84 bits per heavy atom. The van der Waals surface area contributed by atoms with Crippen molar-refractivity contribution in [2.75, 3.05) is 19.5 Å². The Balaban J connectivity index is 2.15. The highest BCUT2D eigenvalue weighted by Gasteiger charge is 2.09. The van der Waals surface area contributed by atoms with Crippen LogP contribution in [0.5, 0.6) is 11.5 Å². The second-order valence-electron chi connectivity index (χ2n) is 4.05. The molecular weight excluding hydrogens is 282 g/mol. The normalized spacial score (nSPS) is 10.3. The van der Waals surface area contributed by atoms with Gasteiger partial charge in [0.1, 0.15) is 0 Å². The molecule has 0 amide bonds. The van der Waals surface area contributed by atoms with Crippen LogP contribution < -0.4 is 14.8 Å². The number of halogens is 1. The molecule has 2 rings (SSSR count). The summed E-state index contributed by atoms with van der Waals surface area (Å²) in [6.07, 6.45) is 0. The average molecular weight is 298 g/mol. The Labute approximate surface area is 122 Å². The van der Waals surface area contributed by atoms with Gasteiger partial charge in [-0.15, -0.1) is 11.3 Å². The van der Waals surface area contributed by atoms with Gasteiger partial charge >= 0.3 is 0 Å². The van der Waals surface area contributed by atoms with E-state index in [0.717, 1.165) is 12.2 Å². The van der Waals surface area contributed by atoms with Gasteiger partial charge in [-0.25, -0.2) is 0 Å². The van der Waals surface area contributed by atoms with Crippen LogP contribution >= 0.6 is 22.9 Å². The average Bonchev–Trinajstić information content (AvgIpc) is 2.82. The third kappa shape index (κ3) is 3.33. The fourth-order valence-electron chi connectivity index (χ4n) is 1.75. The van der Waals surface area contributed by atoms with E-state index in [0.29, 0.717) is 16.5 Å². The molecule has 0 saturated carbocycles. The summed E-state index contributed by atoms with van der Waals surface area (Å²) < 4.78 is 10.5. The standard InChI is InChI=1S/C14H16ClNO2S/c1-9-4-5-10(19-9)8-16-12-7-14(18-3)13(17-2)6-11(12)15/h4-7,16H,8H2,1-3H3. The molecule has 0 saturated heterocycles. The van der Waals surface area contributed by atoms with Crippen molar-refractivity contribution in [2.45, 2.75) is 13.5 Å². The first-order valence-electron chi connectivity index (χ1n) is 5.84. The van der Waals surface area contributed by atoms with E-state index in [2.05, 4.69) is 24.4 Å². The molecule has 0 aliphatic rings. The van der Waals surface area contributed by atoms with Gasteiger partial charge in [0.15, 0.2) is 11.5 Å². The van der Waals surface area contributed by atoms with Crippen LogP contribution in [0.15, 0.2) is 24.3 Å². The summed E-state index contributed by atoms with van der Waals surface area (Å²) in [5.41, 5.74) is 0.838. The summed E-state index contributed by atoms with van der Waals surface area (Å²) in [7, 11) is 3.20. The molecule has 0 unspecified atom stereocenters. The molecule has 0 aliphatic carbocycles. The van der Waals surface area contributed by atoms with Crippen LogP contribution in [-0.2, 0) is 6.54 Å². The monoisotopic (exact) mass is 297 g/mol. The number of hydrogen-bond donors (Lipinski definition) is 1. The molecule has 3 nitrogen and oxygen atoms in total. The molecule has 0 spiro atoms. The van der Waals surface area contributed by atoms with Crippen molar-refractivity contribution >= 4 is 28.6 Å². The number of benzene rings is 1. The smallest absolute Gasteiger partial charge is 0.162 e. The number of thiophene rings is 1. The maximum atomic E-state index is 6.21. The van der Waals surface area contributed by atoms with Gasteiger partial charge in [-0.3, -0.25) is 0 Å². The van der Waals surface area contributed by atoms with Crippen LogP contribution in [0.1, 0.15) is 9.75 Å². The van der Waals surface area contributed by atoms with Crippen molar-refractivity contribution in [1.82, 2.24) is 0 Å². The number of anilines is 1. The second kappa shape index (κ2) is 6.17. The Kier molecular flexibility index (Phi) is 4.56. The molecule has 1 aromatic heterocycles. The molecule has 1 aromatic carbocycles. The second-order valence-corrected chi connectivity index (χ2v) is 5.83. The van der Waals surface area contributed by atoms with Crippen molar-refractivity contribution in [2.24, 2.45) is 0 Å². The molecule has 0 bridgehead atoms. The number of nitrogens with one attached hydrogen (secondary N) is 1. The highest BCUT2D eigenvalue weighted by atomic mass is 35.5. The van der Waals surface area contributed by atoms with Gasteiger partial charge in [-0.2, -0.15) is 0 Å². The lowest BCUT2D eigenvalue weighted by Gasteiger charge is -2.12. The first-order chi connectivity index (χ1) is 9.13. The predicted octanol–water partition coefficient (Wildman–Crippen LogP) is 4.34. The fraction of sp³-hybridized carbons (Fsp3) is 0.286. The van der Waals surface area contributed by atoms with E-state index in [-0.39, 0.29) is 0 Å². The summed E-state index contributed by atoms with van der Waals surface area (Å²) in [5, 5.41) is 3.93. The van der Waals surface area contributed by atoms with Crippen LogP contribution in [0, 0.1) is 6.92 Å². The molecule has 0 fully saturated rings. The van der Waals surface area contributed by atoms with Crippen molar-refractivity contribution in [3.8, 4) is 11.5 Å². The fourth-order valence-corrected chi connectivity index (χ4v) is 2.80. The molecule has 0 atom stereocenters. The topological polar surface area (TPSA) is 30.5 Å². The van der Waals surface area contributed by atoms with E-state index < -0.39 is 0 Å². The highest BCUT2D eigenvalue weighted by molar-refractivity contribution is 7.11. The number of ether oxygens (including phenoxy) is 2. The van der Waals surface area contributed by atoms with Crippen LogP contribution in [-0.4, -0.2) is 14.2 Å². The lowest BCUT2D eigenvalue weighted by atomic mass is 10.2. The Morgan fingerprint density at radius 3 is 2.42 bits per heavy atom. The number of methoxy groups -OCH3 is 2. The molecule has 1 N–H and O–H groups in total. The number of aryl methyl sites for hydroxylation is 1. The molecule has 102 valence electrons. The summed E-state index contributed by atoms with van der Waals surface area (Å²) in [5.74, 6) is 1.29. The largest absolute Gasteiger partial charge is 0.493 e. The van der Waals surface area contributed by atoms with Gasteiger partial charge in [-0.05, 0) is 19.1 Å². The Morgan fingerprint density at radius 1 is 1.16 bits per heavy atom. The molecule has 5 heteroatoms. The van der Waals surface area contributed by atoms with Gasteiger partial charge in [0.25, 0.3) is 0 Å². The van der Waals surface area contributed by atoms with Crippen LogP contribution in [0.25, 0.3) is 0 Å². The van der Waals surface area contributed by atoms with E-state index in [1.807, 2.05) is 6.07 Å². The lowest BCUT2D eigenvalue weighted by Crippen LogP contribution is -1.99. The van der Waals surface area contributed by atoms with Crippen molar-refractivity contribution in [1.29, 1.82) is 0 Å². The molecule has 0 radical (unpaired) electrons. The van der Waals surface area contributed by atoms with Crippen LogP contribution in [0.4, 0.5) is 5.69 Å². The minimum absolute atomic E-state index is 0.617. The maximum absolute atomic E-state index is 6.21. The summed E-state index contributed by atoms with van der Waals surface area (Å²) >= 11 is 7.98. The number of hydrogen-bond acceptors (Lipinski definition) is 4. The predicted molar refractivity (Wildman–Crippen MR) is 80.9 cm³/mol. The van der Waals surface area contributed by atoms with Crippen LogP contribution in [0.3, 0.4) is 0 Å². The molecule has 2 aromatic rings. The van der Waals surface area contributed by atoms with E-state index >= 15 is 0 Å². The summed E-state index contributed by atoms with van der Waals surface area (Å²) in [6.45, 7) is 2.84. The number of rotatable bonds is 5. The zero-order valence-electron chi connectivity index (χ0n) is 11.1. The van der Waals surface area contributed by atoms with Gasteiger partial charge < -0.3 is 14.8 Å².